The zero-order chi connectivity index (χ0) is 17.2. The molecule has 0 aromatic carbocycles. The van der Waals surface area contributed by atoms with E-state index in [1.54, 1.807) is 6.33 Å². The number of likely N-dealkylation sites (tertiary alicyclic amines) is 1. The topological polar surface area (TPSA) is 71.2 Å². The first-order valence-corrected chi connectivity index (χ1v) is 9.57. The van der Waals surface area contributed by atoms with Gasteiger partial charge in [0.1, 0.15) is 18.0 Å². The number of anilines is 2. The Kier molecular flexibility index (Phi) is 4.70. The van der Waals surface area contributed by atoms with Gasteiger partial charge in [-0.2, -0.15) is 0 Å². The quantitative estimate of drug-likeness (QED) is 0.926. The lowest BCUT2D eigenvalue weighted by molar-refractivity contribution is 0.130. The summed E-state index contributed by atoms with van der Waals surface area (Å²) < 4.78 is 0. The van der Waals surface area contributed by atoms with E-state index in [0.29, 0.717) is 17.4 Å². The van der Waals surface area contributed by atoms with Crippen LogP contribution >= 0.6 is 0 Å². The van der Waals surface area contributed by atoms with Gasteiger partial charge in [-0.25, -0.2) is 15.0 Å². The molecule has 2 atom stereocenters. The Morgan fingerprint density at radius 2 is 2.04 bits per heavy atom. The van der Waals surface area contributed by atoms with Crippen molar-refractivity contribution in [2.45, 2.75) is 45.1 Å². The van der Waals surface area contributed by atoms with Crippen LogP contribution in [-0.4, -0.2) is 52.1 Å². The molecule has 2 fully saturated rings. The van der Waals surface area contributed by atoms with Crippen molar-refractivity contribution in [1.29, 1.82) is 0 Å². The van der Waals surface area contributed by atoms with Gasteiger partial charge in [0.05, 0.1) is 5.39 Å². The van der Waals surface area contributed by atoms with Crippen molar-refractivity contribution >= 4 is 22.7 Å². The molecule has 0 amide bonds. The third-order valence-electron chi connectivity index (χ3n) is 5.75. The standard InChI is InChI=1S/C19H28N6/c1-14-5-2-3-9-24(14)11-15-6-4-10-25(12-15)19-16-7-8-17(20)23-18(16)21-13-22-19/h7-8,13-15H,2-6,9-12H2,1H3,(H2,20,21,22,23)/t14-,15-/m1/s1. The van der Waals surface area contributed by atoms with E-state index < -0.39 is 0 Å². The summed E-state index contributed by atoms with van der Waals surface area (Å²) in [5.41, 5.74) is 6.49. The molecule has 6 heteroatoms. The predicted octanol–water partition coefficient (Wildman–Crippen LogP) is 2.70. The van der Waals surface area contributed by atoms with Gasteiger partial charge in [0, 0.05) is 25.7 Å². The summed E-state index contributed by atoms with van der Waals surface area (Å²) in [6, 6.07) is 4.58. The van der Waals surface area contributed by atoms with Gasteiger partial charge in [-0.15, -0.1) is 0 Å². The first-order valence-electron chi connectivity index (χ1n) is 9.57. The Morgan fingerprint density at radius 1 is 1.12 bits per heavy atom. The SMILES string of the molecule is C[C@@H]1CCCCN1C[C@H]1CCCN(c2ncnc3nc(N)ccc23)C1. The van der Waals surface area contributed by atoms with Crippen molar-refractivity contribution in [3.63, 3.8) is 0 Å². The van der Waals surface area contributed by atoms with E-state index in [1.165, 1.54) is 45.2 Å². The van der Waals surface area contributed by atoms with Crippen LogP contribution in [0.25, 0.3) is 11.0 Å². The summed E-state index contributed by atoms with van der Waals surface area (Å²) in [5, 5.41) is 1.00. The zero-order valence-corrected chi connectivity index (χ0v) is 15.1. The highest BCUT2D eigenvalue weighted by molar-refractivity contribution is 5.87. The van der Waals surface area contributed by atoms with Crippen molar-refractivity contribution in [2.75, 3.05) is 36.8 Å². The molecule has 0 spiro atoms. The number of nitrogen functional groups attached to an aromatic ring is 1. The fourth-order valence-corrected chi connectivity index (χ4v) is 4.36. The molecule has 0 saturated carbocycles. The number of rotatable bonds is 3. The highest BCUT2D eigenvalue weighted by Crippen LogP contribution is 2.28. The number of pyridine rings is 1. The minimum Gasteiger partial charge on any atom is -0.384 e. The summed E-state index contributed by atoms with van der Waals surface area (Å²) in [5.74, 6) is 2.22. The average molecular weight is 340 g/mol. The van der Waals surface area contributed by atoms with Crippen LogP contribution in [-0.2, 0) is 0 Å². The summed E-state index contributed by atoms with van der Waals surface area (Å²) in [7, 11) is 0. The van der Waals surface area contributed by atoms with E-state index in [2.05, 4.69) is 31.7 Å². The number of hydrogen-bond acceptors (Lipinski definition) is 6. The number of hydrogen-bond donors (Lipinski definition) is 1. The minimum atomic E-state index is 0.507. The van der Waals surface area contributed by atoms with Gasteiger partial charge in [-0.05, 0) is 57.2 Å². The van der Waals surface area contributed by atoms with E-state index in [9.17, 15) is 0 Å². The normalized spacial score (nSPS) is 25.4. The predicted molar refractivity (Wildman–Crippen MR) is 102 cm³/mol. The third kappa shape index (κ3) is 3.54. The van der Waals surface area contributed by atoms with Crippen LogP contribution < -0.4 is 10.6 Å². The molecule has 2 aliphatic rings. The molecule has 25 heavy (non-hydrogen) atoms. The van der Waals surface area contributed by atoms with Gasteiger partial charge >= 0.3 is 0 Å². The molecule has 6 nitrogen and oxygen atoms in total. The van der Waals surface area contributed by atoms with E-state index in [-0.39, 0.29) is 0 Å². The van der Waals surface area contributed by atoms with Gasteiger partial charge in [0.25, 0.3) is 0 Å². The Balaban J connectivity index is 1.51. The van der Waals surface area contributed by atoms with Crippen molar-refractivity contribution in [3.05, 3.63) is 18.5 Å². The maximum Gasteiger partial charge on any atom is 0.166 e. The summed E-state index contributed by atoms with van der Waals surface area (Å²) in [6.07, 6.45) is 8.23. The lowest BCUT2D eigenvalue weighted by Gasteiger charge is -2.40. The number of nitrogens with two attached hydrogens (primary N) is 1. The van der Waals surface area contributed by atoms with Crippen molar-refractivity contribution in [2.24, 2.45) is 5.92 Å². The summed E-state index contributed by atoms with van der Waals surface area (Å²) >= 11 is 0. The monoisotopic (exact) mass is 340 g/mol. The van der Waals surface area contributed by atoms with Crippen LogP contribution in [0.15, 0.2) is 18.5 Å². The molecular weight excluding hydrogens is 312 g/mol. The van der Waals surface area contributed by atoms with Gasteiger partial charge in [-0.1, -0.05) is 6.42 Å². The maximum absolute atomic E-state index is 5.80. The van der Waals surface area contributed by atoms with Crippen LogP contribution in [0.5, 0.6) is 0 Å². The molecule has 2 aromatic rings. The Bertz CT molecular complexity index is 733. The highest BCUT2D eigenvalue weighted by atomic mass is 15.2. The van der Waals surface area contributed by atoms with E-state index in [0.717, 1.165) is 30.3 Å². The number of fused-ring (bicyclic) bond motifs is 1. The Labute approximate surface area is 149 Å². The van der Waals surface area contributed by atoms with Crippen LogP contribution in [0.4, 0.5) is 11.6 Å². The molecule has 0 aliphatic carbocycles. The fourth-order valence-electron chi connectivity index (χ4n) is 4.36. The van der Waals surface area contributed by atoms with Gasteiger partial charge in [0.2, 0.25) is 0 Å². The van der Waals surface area contributed by atoms with Crippen molar-refractivity contribution < 1.29 is 0 Å². The van der Waals surface area contributed by atoms with Crippen molar-refractivity contribution in [1.82, 2.24) is 19.9 Å². The lowest BCUT2D eigenvalue weighted by atomic mass is 9.94. The molecule has 2 saturated heterocycles. The third-order valence-corrected chi connectivity index (χ3v) is 5.75. The zero-order valence-electron chi connectivity index (χ0n) is 15.1. The Morgan fingerprint density at radius 3 is 2.92 bits per heavy atom. The van der Waals surface area contributed by atoms with E-state index >= 15 is 0 Å². The van der Waals surface area contributed by atoms with E-state index in [4.69, 9.17) is 5.73 Å². The molecular formula is C19H28N6. The largest absolute Gasteiger partial charge is 0.384 e. The molecule has 0 radical (unpaired) electrons. The van der Waals surface area contributed by atoms with Crippen LogP contribution in [0.3, 0.4) is 0 Å². The molecule has 0 unspecified atom stereocenters. The van der Waals surface area contributed by atoms with Crippen LogP contribution in [0, 0.1) is 5.92 Å². The fraction of sp³-hybridized carbons (Fsp3) is 0.632. The van der Waals surface area contributed by atoms with Gasteiger partial charge in [-0.3, -0.25) is 0 Å². The number of nitrogens with zero attached hydrogens (tertiary/aromatic N) is 5. The van der Waals surface area contributed by atoms with Crippen LogP contribution in [0.1, 0.15) is 39.0 Å². The highest BCUT2D eigenvalue weighted by Gasteiger charge is 2.27. The summed E-state index contributed by atoms with van der Waals surface area (Å²) in [4.78, 5) is 18.3. The first-order chi connectivity index (χ1) is 12.2. The van der Waals surface area contributed by atoms with E-state index in [1.807, 2.05) is 12.1 Å². The van der Waals surface area contributed by atoms with Crippen molar-refractivity contribution in [3.8, 4) is 0 Å². The smallest absolute Gasteiger partial charge is 0.166 e. The first kappa shape index (κ1) is 16.5. The minimum absolute atomic E-state index is 0.507. The number of piperidine rings is 2. The number of aromatic nitrogens is 3. The summed E-state index contributed by atoms with van der Waals surface area (Å²) in [6.45, 7) is 6.99. The Hall–Kier alpha value is -1.95. The molecule has 4 heterocycles. The molecule has 2 N–H and O–H groups in total. The van der Waals surface area contributed by atoms with Crippen LogP contribution in [0.2, 0.25) is 0 Å². The second kappa shape index (κ2) is 7.12. The second-order valence-corrected chi connectivity index (χ2v) is 7.60. The van der Waals surface area contributed by atoms with Gasteiger partial charge < -0.3 is 15.5 Å². The van der Waals surface area contributed by atoms with Gasteiger partial charge in [0.15, 0.2) is 5.65 Å². The lowest BCUT2D eigenvalue weighted by Crippen LogP contribution is -2.45. The molecule has 2 aliphatic heterocycles. The molecule has 2 aromatic heterocycles. The maximum atomic E-state index is 5.80. The second-order valence-electron chi connectivity index (χ2n) is 7.60. The molecule has 0 bridgehead atoms. The molecule has 134 valence electrons. The average Bonchev–Trinajstić information content (AvgIpc) is 2.63. The molecule has 4 rings (SSSR count).